The number of amides is 2. The first-order valence-corrected chi connectivity index (χ1v) is 10.8. The average molecular weight is 453 g/mol. The van der Waals surface area contributed by atoms with Gasteiger partial charge in [0.15, 0.2) is 0 Å². The second kappa shape index (κ2) is 8.81. The van der Waals surface area contributed by atoms with Crippen molar-refractivity contribution in [2.45, 2.75) is 31.4 Å². The number of anilines is 2. The minimum absolute atomic E-state index is 0.0522. The minimum Gasteiger partial charge on any atom is -0.484 e. The number of nitrogens with zero attached hydrogens (tertiary/aromatic N) is 3. The molecule has 1 aliphatic heterocycles. The number of carbonyl (C=O) groups excluding carboxylic acids is 1. The summed E-state index contributed by atoms with van der Waals surface area (Å²) >= 11 is 0. The summed E-state index contributed by atoms with van der Waals surface area (Å²) in [4.78, 5) is 22.2. The van der Waals surface area contributed by atoms with Crippen LogP contribution in [0.25, 0.3) is 0 Å². The third kappa shape index (κ3) is 4.88. The van der Waals surface area contributed by atoms with Gasteiger partial charge in [-0.2, -0.15) is 5.10 Å². The van der Waals surface area contributed by atoms with Gasteiger partial charge in [-0.05, 0) is 25.1 Å². The summed E-state index contributed by atoms with van der Waals surface area (Å²) in [5.41, 5.74) is 0.572. The number of ether oxygens (including phenoxy) is 1. The number of rotatable bonds is 7. The number of carbonyl (C=O) groups is 2. The van der Waals surface area contributed by atoms with Crippen LogP contribution >= 0.6 is 0 Å². The van der Waals surface area contributed by atoms with E-state index in [1.807, 2.05) is 0 Å². The molecule has 0 aliphatic carbocycles. The van der Waals surface area contributed by atoms with Crippen LogP contribution in [0, 0.1) is 6.92 Å². The molecule has 1 aromatic heterocycles. The van der Waals surface area contributed by atoms with E-state index in [9.17, 15) is 18.0 Å². The van der Waals surface area contributed by atoms with Crippen LogP contribution in [-0.2, 0) is 21.4 Å². The molecular weight excluding hydrogens is 430 g/mol. The first kappa shape index (κ1) is 22.4. The van der Waals surface area contributed by atoms with Crippen LogP contribution < -0.4 is 19.7 Å². The van der Waals surface area contributed by atoms with Gasteiger partial charge in [0, 0.05) is 18.8 Å². The molecule has 1 unspecified atom stereocenters. The van der Waals surface area contributed by atoms with Crippen LogP contribution in [0.5, 0.6) is 5.75 Å². The zero-order valence-electron chi connectivity index (χ0n) is 16.9. The average Bonchev–Trinajstić information content (AvgIpc) is 3.06. The maximum atomic E-state index is 13.5. The van der Waals surface area contributed by atoms with Gasteiger partial charge in [0.05, 0.1) is 37.6 Å². The van der Waals surface area contributed by atoms with E-state index >= 15 is 0 Å². The van der Waals surface area contributed by atoms with E-state index in [0.29, 0.717) is 0 Å². The fourth-order valence-corrected chi connectivity index (χ4v) is 4.86. The normalized spacial score (nSPS) is 15.7. The van der Waals surface area contributed by atoms with Gasteiger partial charge >= 0.3 is 6.09 Å². The van der Waals surface area contributed by atoms with Crippen molar-refractivity contribution in [3.8, 4) is 5.75 Å². The quantitative estimate of drug-likeness (QED) is 0.467. The van der Waals surface area contributed by atoms with Gasteiger partial charge in [-0.25, -0.2) is 13.2 Å². The zero-order valence-corrected chi connectivity index (χ0v) is 17.7. The smallest absolute Gasteiger partial charge is 0.409 e. The lowest BCUT2D eigenvalue weighted by Crippen LogP contribution is -2.48. The fraction of sp³-hybridized carbons (Fsp3) is 0.389. The number of hydrogen-bond donors (Lipinski definition) is 4. The molecule has 1 aromatic carbocycles. The highest BCUT2D eigenvalue weighted by Gasteiger charge is 2.36. The SMILES string of the molecule is CC(=O)NCC1CN(S(=O)(=O)c2cn(CCO)nc2C)c2cc(NC(=O)O)ccc2O1. The molecule has 1 atom stereocenters. The van der Waals surface area contributed by atoms with E-state index in [2.05, 4.69) is 15.7 Å². The Morgan fingerprint density at radius 3 is 2.74 bits per heavy atom. The lowest BCUT2D eigenvalue weighted by atomic mass is 10.2. The monoisotopic (exact) mass is 453 g/mol. The number of aliphatic hydroxyl groups is 1. The molecular formula is C18H23N5O7S. The van der Waals surface area contributed by atoms with E-state index in [0.717, 1.165) is 4.31 Å². The van der Waals surface area contributed by atoms with Crippen molar-refractivity contribution >= 4 is 33.4 Å². The van der Waals surface area contributed by atoms with Crippen LogP contribution in [0.2, 0.25) is 0 Å². The number of aromatic nitrogens is 2. The number of nitrogens with one attached hydrogen (secondary N) is 2. The molecule has 168 valence electrons. The highest BCUT2D eigenvalue weighted by atomic mass is 32.2. The Hall–Kier alpha value is -3.32. The van der Waals surface area contributed by atoms with Crippen LogP contribution in [0.3, 0.4) is 0 Å². The molecule has 0 saturated carbocycles. The van der Waals surface area contributed by atoms with E-state index in [4.69, 9.17) is 14.9 Å². The molecule has 2 aromatic rings. The third-order valence-electron chi connectivity index (χ3n) is 4.52. The summed E-state index contributed by atoms with van der Waals surface area (Å²) in [5, 5.41) is 27.0. The van der Waals surface area contributed by atoms with E-state index in [1.165, 1.54) is 36.0 Å². The van der Waals surface area contributed by atoms with Crippen LogP contribution in [0.15, 0.2) is 29.3 Å². The summed E-state index contributed by atoms with van der Waals surface area (Å²) in [6, 6.07) is 4.28. The number of aliphatic hydroxyl groups excluding tert-OH is 1. The largest absolute Gasteiger partial charge is 0.484 e. The van der Waals surface area contributed by atoms with Crippen LogP contribution in [0.1, 0.15) is 12.6 Å². The molecule has 2 amide bonds. The second-order valence-electron chi connectivity index (χ2n) is 6.89. The van der Waals surface area contributed by atoms with Gasteiger partial charge in [0.25, 0.3) is 10.0 Å². The van der Waals surface area contributed by atoms with E-state index < -0.39 is 22.2 Å². The Bertz CT molecular complexity index is 1100. The molecule has 1 aliphatic rings. The maximum Gasteiger partial charge on any atom is 0.409 e. The van der Waals surface area contributed by atoms with Crippen LogP contribution in [-0.4, -0.2) is 66.2 Å². The van der Waals surface area contributed by atoms with Gasteiger partial charge in [-0.3, -0.25) is 19.1 Å². The highest BCUT2D eigenvalue weighted by molar-refractivity contribution is 7.92. The first-order chi connectivity index (χ1) is 14.6. The molecule has 3 rings (SSSR count). The Morgan fingerprint density at radius 2 is 2.10 bits per heavy atom. The molecule has 4 N–H and O–H groups in total. The first-order valence-electron chi connectivity index (χ1n) is 9.34. The fourth-order valence-electron chi connectivity index (χ4n) is 3.19. The van der Waals surface area contributed by atoms with Crippen LogP contribution in [0.4, 0.5) is 16.2 Å². The molecule has 31 heavy (non-hydrogen) atoms. The van der Waals surface area contributed by atoms with E-state index in [-0.39, 0.29) is 59.9 Å². The number of benzene rings is 1. The molecule has 0 saturated heterocycles. The Kier molecular flexibility index (Phi) is 6.36. The van der Waals surface area contributed by atoms with Crippen molar-refractivity contribution < 1.29 is 33.0 Å². The molecule has 12 nitrogen and oxygen atoms in total. The third-order valence-corrected chi connectivity index (χ3v) is 6.40. The van der Waals surface area contributed by atoms with Gasteiger partial charge in [0.2, 0.25) is 5.91 Å². The second-order valence-corrected chi connectivity index (χ2v) is 8.72. The van der Waals surface area contributed by atoms with Gasteiger partial charge in [-0.1, -0.05) is 0 Å². The maximum absolute atomic E-state index is 13.5. The standard InChI is InChI=1S/C18H23N5O7S/c1-11-17(10-22(21-11)5-6-24)31(28,29)23-9-14(8-19-12(2)25)30-16-4-3-13(7-15(16)23)20-18(26)27/h3-4,7,10,14,20,24H,5-6,8-9H2,1-2H3,(H,19,25)(H,26,27). The van der Waals surface area contributed by atoms with Crippen molar-refractivity contribution in [3.05, 3.63) is 30.1 Å². The lowest BCUT2D eigenvalue weighted by Gasteiger charge is -2.35. The number of hydrogen-bond acceptors (Lipinski definition) is 7. The highest BCUT2D eigenvalue weighted by Crippen LogP contribution is 2.39. The predicted octanol–water partition coefficient (Wildman–Crippen LogP) is 0.366. The summed E-state index contributed by atoms with van der Waals surface area (Å²) in [6.45, 7) is 2.78. The number of fused-ring (bicyclic) bond motifs is 1. The van der Waals surface area contributed by atoms with Crippen molar-refractivity contribution in [2.75, 3.05) is 29.3 Å². The summed E-state index contributed by atoms with van der Waals surface area (Å²) in [6.07, 6.45) is -0.633. The summed E-state index contributed by atoms with van der Waals surface area (Å²) in [5.74, 6) is -0.0625. The van der Waals surface area contributed by atoms with Crippen molar-refractivity contribution in [3.63, 3.8) is 0 Å². The van der Waals surface area contributed by atoms with Crippen molar-refractivity contribution in [2.24, 2.45) is 0 Å². The van der Waals surface area contributed by atoms with E-state index in [1.54, 1.807) is 6.92 Å². The summed E-state index contributed by atoms with van der Waals surface area (Å²) < 4.78 is 35.3. The molecule has 2 heterocycles. The lowest BCUT2D eigenvalue weighted by molar-refractivity contribution is -0.119. The van der Waals surface area contributed by atoms with Crippen molar-refractivity contribution in [1.29, 1.82) is 0 Å². The van der Waals surface area contributed by atoms with Gasteiger partial charge < -0.3 is 20.3 Å². The Balaban J connectivity index is 2.05. The molecule has 0 spiro atoms. The summed E-state index contributed by atoms with van der Waals surface area (Å²) in [7, 11) is -4.12. The number of sulfonamides is 1. The Morgan fingerprint density at radius 1 is 1.35 bits per heavy atom. The molecule has 0 radical (unpaired) electrons. The Labute approximate surface area is 178 Å². The van der Waals surface area contributed by atoms with Gasteiger partial charge in [0.1, 0.15) is 16.7 Å². The molecule has 0 fully saturated rings. The number of carboxylic acid groups (broad SMARTS) is 1. The minimum atomic E-state index is -4.12. The topological polar surface area (TPSA) is 163 Å². The molecule has 0 bridgehead atoms. The molecule has 13 heteroatoms. The predicted molar refractivity (Wildman–Crippen MR) is 110 cm³/mol. The zero-order chi connectivity index (χ0) is 22.8. The van der Waals surface area contributed by atoms with Gasteiger partial charge in [-0.15, -0.1) is 0 Å². The van der Waals surface area contributed by atoms with Crippen molar-refractivity contribution in [1.82, 2.24) is 15.1 Å². The number of aryl methyl sites for hydroxylation is 1.